The van der Waals surface area contributed by atoms with Crippen LogP contribution in [0.15, 0.2) is 48.9 Å². The van der Waals surface area contributed by atoms with Crippen molar-refractivity contribution in [3.63, 3.8) is 0 Å². The molecule has 0 bridgehead atoms. The maximum absolute atomic E-state index is 5.37. The first kappa shape index (κ1) is 16.7. The zero-order valence-electron chi connectivity index (χ0n) is 14.6. The summed E-state index contributed by atoms with van der Waals surface area (Å²) in [7, 11) is 0. The number of benzene rings is 1. The van der Waals surface area contributed by atoms with Gasteiger partial charge in [0.15, 0.2) is 0 Å². The highest BCUT2D eigenvalue weighted by atomic mass is 16.5. The summed E-state index contributed by atoms with van der Waals surface area (Å²) in [5.41, 5.74) is 1.86. The lowest BCUT2D eigenvalue weighted by Gasteiger charge is -2.26. The van der Waals surface area contributed by atoms with Gasteiger partial charge in [0.05, 0.1) is 24.4 Å². The van der Waals surface area contributed by atoms with E-state index in [9.17, 15) is 0 Å². The molecule has 1 aromatic carbocycles. The van der Waals surface area contributed by atoms with E-state index in [1.165, 1.54) is 0 Å². The van der Waals surface area contributed by atoms with E-state index in [1.807, 2.05) is 36.4 Å². The molecule has 26 heavy (non-hydrogen) atoms. The molecule has 0 unspecified atom stereocenters. The normalized spacial score (nSPS) is 15.1. The Hall–Kier alpha value is -2.77. The zero-order chi connectivity index (χ0) is 17.6. The molecule has 2 aromatic heterocycles. The molecule has 1 aliphatic heterocycles. The molecular weight excluding hydrogens is 328 g/mol. The molecule has 0 amide bonds. The summed E-state index contributed by atoms with van der Waals surface area (Å²) in [6, 6.07) is 12.0. The molecule has 3 heterocycles. The molecule has 7 nitrogen and oxygen atoms in total. The van der Waals surface area contributed by atoms with E-state index in [-0.39, 0.29) is 0 Å². The van der Waals surface area contributed by atoms with E-state index in [0.29, 0.717) is 0 Å². The summed E-state index contributed by atoms with van der Waals surface area (Å²) >= 11 is 0. The Morgan fingerprint density at radius 2 is 1.85 bits per heavy atom. The fraction of sp³-hybridized carbons (Fsp3) is 0.316. The van der Waals surface area contributed by atoms with Crippen molar-refractivity contribution in [2.24, 2.45) is 0 Å². The molecule has 0 saturated carbocycles. The lowest BCUT2D eigenvalue weighted by molar-refractivity contribution is 0.0398. The average molecular weight is 350 g/mol. The van der Waals surface area contributed by atoms with Crippen molar-refractivity contribution in [1.29, 1.82) is 0 Å². The molecule has 1 aliphatic rings. The third kappa shape index (κ3) is 4.07. The van der Waals surface area contributed by atoms with Gasteiger partial charge in [-0.25, -0.2) is 9.97 Å². The van der Waals surface area contributed by atoms with Crippen molar-refractivity contribution in [3.8, 4) is 0 Å². The van der Waals surface area contributed by atoms with Crippen LogP contribution in [0.4, 0.5) is 17.3 Å². The van der Waals surface area contributed by atoms with Gasteiger partial charge in [-0.2, -0.15) is 0 Å². The summed E-state index contributed by atoms with van der Waals surface area (Å²) in [5.74, 6) is 1.55. The van der Waals surface area contributed by atoms with Gasteiger partial charge in [-0.15, -0.1) is 0 Å². The van der Waals surface area contributed by atoms with Crippen LogP contribution in [-0.4, -0.2) is 59.2 Å². The van der Waals surface area contributed by atoms with Crippen molar-refractivity contribution in [2.45, 2.75) is 0 Å². The van der Waals surface area contributed by atoms with E-state index >= 15 is 0 Å². The van der Waals surface area contributed by atoms with Crippen molar-refractivity contribution < 1.29 is 4.74 Å². The number of fused-ring (bicyclic) bond motifs is 1. The highest BCUT2D eigenvalue weighted by Crippen LogP contribution is 2.24. The van der Waals surface area contributed by atoms with Crippen LogP contribution in [0.1, 0.15) is 0 Å². The third-order valence-corrected chi connectivity index (χ3v) is 4.40. The topological polar surface area (TPSA) is 75.2 Å². The van der Waals surface area contributed by atoms with Crippen LogP contribution in [0.5, 0.6) is 0 Å². The quantitative estimate of drug-likeness (QED) is 0.707. The first-order valence-corrected chi connectivity index (χ1v) is 8.85. The van der Waals surface area contributed by atoms with Gasteiger partial charge in [-0.1, -0.05) is 18.2 Å². The van der Waals surface area contributed by atoms with Gasteiger partial charge in [-0.05, 0) is 12.1 Å². The van der Waals surface area contributed by atoms with Gasteiger partial charge in [0.1, 0.15) is 18.0 Å². The van der Waals surface area contributed by atoms with Crippen LogP contribution >= 0.6 is 0 Å². The number of anilines is 3. The second-order valence-corrected chi connectivity index (χ2v) is 6.17. The number of nitrogens with zero attached hydrogens (tertiary/aromatic N) is 4. The average Bonchev–Trinajstić information content (AvgIpc) is 2.70. The van der Waals surface area contributed by atoms with E-state index in [1.54, 1.807) is 12.5 Å². The molecule has 134 valence electrons. The minimum atomic E-state index is 0.743. The molecule has 0 radical (unpaired) electrons. The first-order chi connectivity index (χ1) is 12.9. The number of hydrogen-bond donors (Lipinski definition) is 2. The number of nitrogens with one attached hydrogen (secondary N) is 2. The smallest absolute Gasteiger partial charge is 0.135 e. The Bertz CT molecular complexity index is 860. The molecule has 0 aliphatic carbocycles. The van der Waals surface area contributed by atoms with Crippen LogP contribution in [0, 0.1) is 0 Å². The molecule has 0 spiro atoms. The van der Waals surface area contributed by atoms with Gasteiger partial charge in [0.25, 0.3) is 0 Å². The summed E-state index contributed by atoms with van der Waals surface area (Å²) in [5, 5.41) is 7.81. The van der Waals surface area contributed by atoms with Crippen molar-refractivity contribution in [3.05, 3.63) is 48.9 Å². The van der Waals surface area contributed by atoms with Crippen molar-refractivity contribution in [1.82, 2.24) is 19.9 Å². The summed E-state index contributed by atoms with van der Waals surface area (Å²) in [6.07, 6.45) is 3.37. The number of morpholine rings is 1. The summed E-state index contributed by atoms with van der Waals surface area (Å²) in [4.78, 5) is 15.5. The maximum Gasteiger partial charge on any atom is 0.135 e. The minimum absolute atomic E-state index is 0.743. The van der Waals surface area contributed by atoms with Gasteiger partial charge in [-0.3, -0.25) is 9.88 Å². The number of ether oxygens (including phenoxy) is 1. The van der Waals surface area contributed by atoms with Crippen LogP contribution in [0.25, 0.3) is 10.9 Å². The van der Waals surface area contributed by atoms with E-state index in [0.717, 1.165) is 67.6 Å². The van der Waals surface area contributed by atoms with Crippen molar-refractivity contribution >= 4 is 28.2 Å². The summed E-state index contributed by atoms with van der Waals surface area (Å²) < 4.78 is 5.37. The lowest BCUT2D eigenvalue weighted by Crippen LogP contribution is -2.39. The molecule has 3 aromatic rings. The molecule has 2 N–H and O–H groups in total. The number of aromatic nitrogens is 3. The van der Waals surface area contributed by atoms with E-state index < -0.39 is 0 Å². The number of hydrogen-bond acceptors (Lipinski definition) is 7. The molecule has 4 rings (SSSR count). The van der Waals surface area contributed by atoms with Gasteiger partial charge in [0, 0.05) is 43.8 Å². The van der Waals surface area contributed by atoms with Crippen molar-refractivity contribution in [2.75, 3.05) is 50.0 Å². The maximum atomic E-state index is 5.37. The second-order valence-electron chi connectivity index (χ2n) is 6.17. The lowest BCUT2D eigenvalue weighted by atomic mass is 10.2. The monoisotopic (exact) mass is 350 g/mol. The van der Waals surface area contributed by atoms with Gasteiger partial charge >= 0.3 is 0 Å². The Kier molecular flexibility index (Phi) is 5.18. The number of para-hydroxylation sites is 1. The van der Waals surface area contributed by atoms with Crippen LogP contribution < -0.4 is 10.6 Å². The predicted octanol–water partition coefficient (Wildman–Crippen LogP) is 2.51. The van der Waals surface area contributed by atoms with Gasteiger partial charge < -0.3 is 15.4 Å². The third-order valence-electron chi connectivity index (χ3n) is 4.40. The molecule has 1 fully saturated rings. The van der Waals surface area contributed by atoms with Crippen LogP contribution in [-0.2, 0) is 4.74 Å². The highest BCUT2D eigenvalue weighted by Gasteiger charge is 2.09. The zero-order valence-corrected chi connectivity index (χ0v) is 14.6. The molecular formula is C19H22N6O. The first-order valence-electron chi connectivity index (χ1n) is 8.85. The Morgan fingerprint density at radius 1 is 1.00 bits per heavy atom. The predicted molar refractivity (Wildman–Crippen MR) is 103 cm³/mol. The Labute approximate surface area is 152 Å². The van der Waals surface area contributed by atoms with E-state index in [4.69, 9.17) is 4.74 Å². The summed E-state index contributed by atoms with van der Waals surface area (Å²) in [6.45, 7) is 5.44. The highest BCUT2D eigenvalue weighted by molar-refractivity contribution is 5.91. The SMILES string of the molecule is c1cnc2c(Nc3cc(NCCN4CCOCC4)ncn3)cccc2c1. The largest absolute Gasteiger partial charge is 0.379 e. The fourth-order valence-electron chi connectivity index (χ4n) is 3.03. The molecule has 1 saturated heterocycles. The molecule has 0 atom stereocenters. The minimum Gasteiger partial charge on any atom is -0.379 e. The van der Waals surface area contributed by atoms with Gasteiger partial charge in [0.2, 0.25) is 0 Å². The standard InChI is InChI=1S/C19H22N6O/c1-3-15-4-2-6-21-19(15)16(5-1)24-18-13-17(22-14-23-18)20-7-8-25-9-11-26-12-10-25/h1-6,13-14H,7-12H2,(H2,20,22,23,24). The molecule has 7 heteroatoms. The number of rotatable bonds is 6. The fourth-order valence-corrected chi connectivity index (χ4v) is 3.03. The Morgan fingerprint density at radius 3 is 2.77 bits per heavy atom. The number of pyridine rings is 1. The van der Waals surface area contributed by atoms with E-state index in [2.05, 4.69) is 30.5 Å². The second kappa shape index (κ2) is 8.07. The van der Waals surface area contributed by atoms with Crippen LogP contribution in [0.2, 0.25) is 0 Å². The Balaban J connectivity index is 1.40. The van der Waals surface area contributed by atoms with Crippen LogP contribution in [0.3, 0.4) is 0 Å².